The molecule has 1 fully saturated rings. The average Bonchev–Trinajstić information content (AvgIpc) is 2.56. The van der Waals surface area contributed by atoms with Gasteiger partial charge in [-0.2, -0.15) is 0 Å². The zero-order valence-corrected chi connectivity index (χ0v) is 11.7. The fourth-order valence-electron chi connectivity index (χ4n) is 2.84. The van der Waals surface area contributed by atoms with Crippen LogP contribution in [0.1, 0.15) is 24.3 Å². The molecule has 0 amide bonds. The highest BCUT2D eigenvalue weighted by molar-refractivity contribution is 5.43. The minimum atomic E-state index is -0.418. The molecule has 0 aliphatic carbocycles. The summed E-state index contributed by atoms with van der Waals surface area (Å²) in [4.78, 5) is 16.6. The molecule has 0 unspecified atom stereocenters. The maximum absolute atomic E-state index is 10.6. The van der Waals surface area contributed by atoms with E-state index in [4.69, 9.17) is 0 Å². The summed E-state index contributed by atoms with van der Waals surface area (Å²) in [5, 5.41) is 10.6. The van der Waals surface area contributed by atoms with Crippen LogP contribution in [0.15, 0.2) is 48.7 Å². The lowest BCUT2D eigenvalue weighted by molar-refractivity contribution is -0.385. The van der Waals surface area contributed by atoms with Gasteiger partial charge in [-0.1, -0.05) is 30.3 Å². The van der Waals surface area contributed by atoms with Crippen LogP contribution in [-0.4, -0.2) is 23.0 Å². The lowest BCUT2D eigenvalue weighted by Gasteiger charge is -2.33. The molecule has 0 radical (unpaired) electrons. The molecule has 0 saturated carbocycles. The van der Waals surface area contributed by atoms with Crippen molar-refractivity contribution < 1.29 is 4.92 Å². The fraction of sp³-hybridized carbons (Fsp3) is 0.312. The number of hydrogen-bond donors (Lipinski definition) is 0. The molecular formula is C16H17N3O2. The summed E-state index contributed by atoms with van der Waals surface area (Å²) in [7, 11) is 0. The fourth-order valence-corrected chi connectivity index (χ4v) is 2.84. The van der Waals surface area contributed by atoms with Crippen LogP contribution < -0.4 is 4.90 Å². The van der Waals surface area contributed by atoms with Gasteiger partial charge >= 0.3 is 0 Å². The van der Waals surface area contributed by atoms with Gasteiger partial charge in [0.25, 0.3) is 5.69 Å². The molecule has 1 aromatic heterocycles. The monoisotopic (exact) mass is 283 g/mol. The van der Waals surface area contributed by atoms with Crippen LogP contribution in [0.25, 0.3) is 0 Å². The third kappa shape index (κ3) is 3.02. The number of rotatable bonds is 3. The van der Waals surface area contributed by atoms with E-state index in [9.17, 15) is 10.1 Å². The van der Waals surface area contributed by atoms with Gasteiger partial charge in [-0.3, -0.25) is 10.1 Å². The molecule has 1 aromatic carbocycles. The number of pyridine rings is 1. The summed E-state index contributed by atoms with van der Waals surface area (Å²) in [5.41, 5.74) is 1.44. The third-order valence-corrected chi connectivity index (χ3v) is 4.03. The van der Waals surface area contributed by atoms with Crippen molar-refractivity contribution in [1.29, 1.82) is 0 Å². The Morgan fingerprint density at radius 1 is 1.10 bits per heavy atom. The van der Waals surface area contributed by atoms with E-state index in [1.165, 1.54) is 17.8 Å². The number of hydrogen-bond acceptors (Lipinski definition) is 4. The highest BCUT2D eigenvalue weighted by Gasteiger charge is 2.21. The van der Waals surface area contributed by atoms with Crippen molar-refractivity contribution in [2.24, 2.45) is 0 Å². The number of benzene rings is 1. The van der Waals surface area contributed by atoms with Crippen molar-refractivity contribution in [3.63, 3.8) is 0 Å². The Labute approximate surface area is 123 Å². The lowest BCUT2D eigenvalue weighted by Crippen LogP contribution is -2.33. The van der Waals surface area contributed by atoms with E-state index in [-0.39, 0.29) is 5.69 Å². The Kier molecular flexibility index (Phi) is 3.81. The van der Waals surface area contributed by atoms with Crippen molar-refractivity contribution in [2.75, 3.05) is 18.0 Å². The minimum absolute atomic E-state index is 0.0397. The van der Waals surface area contributed by atoms with Gasteiger partial charge in [-0.05, 0) is 30.4 Å². The second-order valence-electron chi connectivity index (χ2n) is 5.30. The second kappa shape index (κ2) is 5.91. The lowest BCUT2D eigenvalue weighted by atomic mass is 9.89. The standard InChI is InChI=1S/C16H17N3O2/c20-19(21)15-6-7-16(17-12-15)18-10-8-14(9-11-18)13-4-2-1-3-5-13/h1-7,12,14H,8-11H2. The average molecular weight is 283 g/mol. The Morgan fingerprint density at radius 2 is 1.81 bits per heavy atom. The smallest absolute Gasteiger partial charge is 0.287 e. The highest BCUT2D eigenvalue weighted by Crippen LogP contribution is 2.29. The van der Waals surface area contributed by atoms with Crippen molar-refractivity contribution >= 4 is 11.5 Å². The topological polar surface area (TPSA) is 59.3 Å². The summed E-state index contributed by atoms with van der Waals surface area (Å²) in [6.07, 6.45) is 3.50. The maximum Gasteiger partial charge on any atom is 0.287 e. The van der Waals surface area contributed by atoms with Gasteiger partial charge in [0.1, 0.15) is 12.0 Å². The Morgan fingerprint density at radius 3 is 2.38 bits per heavy atom. The zero-order chi connectivity index (χ0) is 14.7. The molecule has 1 saturated heterocycles. The van der Waals surface area contributed by atoms with E-state index in [2.05, 4.69) is 34.1 Å². The summed E-state index contributed by atoms with van der Waals surface area (Å²) in [5.74, 6) is 1.42. The Hall–Kier alpha value is -2.43. The predicted octanol–water partition coefficient (Wildman–Crippen LogP) is 3.37. The molecular weight excluding hydrogens is 266 g/mol. The molecule has 3 rings (SSSR count). The second-order valence-corrected chi connectivity index (χ2v) is 5.30. The normalized spacial score (nSPS) is 15.9. The molecule has 5 nitrogen and oxygen atoms in total. The summed E-state index contributed by atoms with van der Waals surface area (Å²) in [6, 6.07) is 13.8. The number of nitrogens with zero attached hydrogens (tertiary/aromatic N) is 3. The van der Waals surface area contributed by atoms with Crippen molar-refractivity contribution in [3.8, 4) is 0 Å². The molecule has 2 aromatic rings. The van der Waals surface area contributed by atoms with E-state index < -0.39 is 4.92 Å². The minimum Gasteiger partial charge on any atom is -0.357 e. The van der Waals surface area contributed by atoms with Crippen molar-refractivity contribution in [2.45, 2.75) is 18.8 Å². The van der Waals surface area contributed by atoms with Crippen molar-refractivity contribution in [1.82, 2.24) is 4.98 Å². The SMILES string of the molecule is O=[N+]([O-])c1ccc(N2CCC(c3ccccc3)CC2)nc1. The number of nitro groups is 1. The van der Waals surface area contributed by atoms with E-state index in [1.54, 1.807) is 6.07 Å². The number of anilines is 1. The quantitative estimate of drug-likeness (QED) is 0.640. The van der Waals surface area contributed by atoms with E-state index >= 15 is 0 Å². The summed E-state index contributed by atoms with van der Waals surface area (Å²) < 4.78 is 0. The van der Waals surface area contributed by atoms with Gasteiger partial charge < -0.3 is 4.90 Å². The van der Waals surface area contributed by atoms with E-state index in [1.807, 2.05) is 6.07 Å². The molecule has 1 aliphatic rings. The van der Waals surface area contributed by atoms with Crippen LogP contribution in [0.2, 0.25) is 0 Å². The first-order chi connectivity index (χ1) is 10.2. The molecule has 2 heterocycles. The van der Waals surface area contributed by atoms with Crippen LogP contribution in [0.4, 0.5) is 11.5 Å². The molecule has 21 heavy (non-hydrogen) atoms. The molecule has 0 spiro atoms. The zero-order valence-electron chi connectivity index (χ0n) is 11.7. The van der Waals surface area contributed by atoms with Crippen LogP contribution in [0.3, 0.4) is 0 Å². The molecule has 0 atom stereocenters. The van der Waals surface area contributed by atoms with Crippen molar-refractivity contribution in [3.05, 3.63) is 64.3 Å². The number of aromatic nitrogens is 1. The van der Waals surface area contributed by atoms with Gasteiger partial charge in [0.15, 0.2) is 0 Å². The third-order valence-electron chi connectivity index (χ3n) is 4.03. The van der Waals surface area contributed by atoms with Gasteiger partial charge in [0.2, 0.25) is 0 Å². The largest absolute Gasteiger partial charge is 0.357 e. The first kappa shape index (κ1) is 13.5. The molecule has 0 bridgehead atoms. The van der Waals surface area contributed by atoms with Gasteiger partial charge in [-0.25, -0.2) is 4.98 Å². The predicted molar refractivity (Wildman–Crippen MR) is 81.5 cm³/mol. The van der Waals surface area contributed by atoms with Crippen LogP contribution in [0, 0.1) is 10.1 Å². The van der Waals surface area contributed by atoms with E-state index in [0.29, 0.717) is 5.92 Å². The van der Waals surface area contributed by atoms with Gasteiger partial charge in [0, 0.05) is 19.2 Å². The summed E-state index contributed by atoms with van der Waals surface area (Å²) in [6.45, 7) is 1.87. The van der Waals surface area contributed by atoms with Gasteiger partial charge in [0.05, 0.1) is 4.92 Å². The summed E-state index contributed by atoms with van der Waals surface area (Å²) >= 11 is 0. The maximum atomic E-state index is 10.6. The van der Waals surface area contributed by atoms with Crippen LogP contribution in [0.5, 0.6) is 0 Å². The first-order valence-electron chi connectivity index (χ1n) is 7.14. The molecule has 0 N–H and O–H groups in total. The first-order valence-corrected chi connectivity index (χ1v) is 7.14. The Bertz CT molecular complexity index is 605. The van der Waals surface area contributed by atoms with Crippen LogP contribution in [-0.2, 0) is 0 Å². The van der Waals surface area contributed by atoms with E-state index in [0.717, 1.165) is 31.7 Å². The van der Waals surface area contributed by atoms with Gasteiger partial charge in [-0.15, -0.1) is 0 Å². The molecule has 1 aliphatic heterocycles. The molecule has 5 heteroatoms. The highest BCUT2D eigenvalue weighted by atomic mass is 16.6. The van der Waals surface area contributed by atoms with Crippen LogP contribution >= 0.6 is 0 Å². The Balaban J connectivity index is 1.64. The molecule has 108 valence electrons. The number of piperidine rings is 1.